The van der Waals surface area contributed by atoms with Crippen LogP contribution in [0.5, 0.6) is 0 Å². The van der Waals surface area contributed by atoms with Crippen LogP contribution >= 0.6 is 0 Å². The van der Waals surface area contributed by atoms with Gasteiger partial charge in [-0.15, -0.1) is 0 Å². The van der Waals surface area contributed by atoms with E-state index in [2.05, 4.69) is 28.3 Å². The molecule has 0 radical (unpaired) electrons. The molecule has 0 amide bonds. The summed E-state index contributed by atoms with van der Waals surface area (Å²) in [7, 11) is 0. The summed E-state index contributed by atoms with van der Waals surface area (Å²) in [5.74, 6) is 6.94. The fourth-order valence-electron chi connectivity index (χ4n) is 1.47. The average molecular weight is 275 g/mol. The van der Waals surface area contributed by atoms with Crippen molar-refractivity contribution in [2.45, 2.75) is 17.3 Å². The van der Waals surface area contributed by atoms with Gasteiger partial charge in [0.25, 0.3) is 0 Å². The van der Waals surface area contributed by atoms with Crippen LogP contribution in [-0.4, -0.2) is 18.3 Å². The predicted octanol–water partition coefficient (Wildman–Crippen LogP) is 3.29. The second-order valence-electron chi connectivity index (χ2n) is 4.84. The first-order chi connectivity index (χ1) is 8.79. The van der Waals surface area contributed by atoms with E-state index >= 15 is 0 Å². The molecule has 1 heterocycles. The van der Waals surface area contributed by atoms with Crippen LogP contribution in [0.4, 0.5) is 0 Å². The molecule has 16 heavy (non-hydrogen) atoms. The normalized spacial score (nSPS) is 14.1. The number of aromatic nitrogens is 1. The van der Waals surface area contributed by atoms with Crippen molar-refractivity contribution in [3.63, 3.8) is 0 Å². The van der Waals surface area contributed by atoms with Crippen molar-refractivity contribution in [3.05, 3.63) is 48.6 Å². The SMILES string of the molecule is [2H]c1cc(-c2cc[c]([Ge]([CH3])([CH3])[CH3])cn2)cc([2H])c1[2H]. The van der Waals surface area contributed by atoms with Gasteiger partial charge in [-0.25, -0.2) is 0 Å². The van der Waals surface area contributed by atoms with E-state index in [0.29, 0.717) is 0 Å². The van der Waals surface area contributed by atoms with E-state index in [1.54, 1.807) is 12.1 Å². The quantitative estimate of drug-likeness (QED) is 0.766. The molecule has 0 aliphatic heterocycles. The van der Waals surface area contributed by atoms with Crippen molar-refractivity contribution in [2.24, 2.45) is 0 Å². The first kappa shape index (κ1) is 8.07. The first-order valence-corrected chi connectivity index (χ1v) is 12.7. The molecule has 1 aromatic heterocycles. The standard InChI is InChI=1S/C14H17GeN/c1-15(2,3)13-9-10-14(16-11-13)12-7-5-4-6-8-12/h4-11H,1-3H3/i4D,5D,6D. The zero-order valence-electron chi connectivity index (χ0n) is 12.8. The Kier molecular flexibility index (Phi) is 2.23. The Labute approximate surface area is 104 Å². The summed E-state index contributed by atoms with van der Waals surface area (Å²) in [6.07, 6.45) is 1.91. The summed E-state index contributed by atoms with van der Waals surface area (Å²) in [5.41, 5.74) is 1.50. The van der Waals surface area contributed by atoms with Crippen molar-refractivity contribution >= 4 is 17.7 Å². The number of benzene rings is 1. The fourth-order valence-corrected chi connectivity index (χ4v) is 3.64. The molecule has 1 aromatic carbocycles. The molecule has 0 saturated heterocycles. The van der Waals surface area contributed by atoms with Crippen molar-refractivity contribution in [3.8, 4) is 11.3 Å². The van der Waals surface area contributed by atoms with Crippen LogP contribution in [0.1, 0.15) is 4.11 Å². The van der Waals surface area contributed by atoms with Gasteiger partial charge in [-0.05, 0) is 0 Å². The Morgan fingerprint density at radius 1 is 1.00 bits per heavy atom. The third kappa shape index (κ3) is 2.53. The minimum atomic E-state index is -1.85. The monoisotopic (exact) mass is 276 g/mol. The number of pyridine rings is 1. The van der Waals surface area contributed by atoms with Crippen LogP contribution in [0.2, 0.25) is 17.3 Å². The fraction of sp³-hybridized carbons (Fsp3) is 0.214. The van der Waals surface area contributed by atoms with Crippen molar-refractivity contribution in [2.75, 3.05) is 0 Å². The zero-order valence-corrected chi connectivity index (χ0v) is 11.9. The van der Waals surface area contributed by atoms with Gasteiger partial charge in [0.2, 0.25) is 0 Å². The molecular formula is C14H17GeN. The molecule has 82 valence electrons. The van der Waals surface area contributed by atoms with Gasteiger partial charge in [-0.2, -0.15) is 0 Å². The summed E-state index contributed by atoms with van der Waals surface area (Å²) >= 11 is -1.85. The van der Waals surface area contributed by atoms with Gasteiger partial charge in [0.15, 0.2) is 0 Å². The Hall–Kier alpha value is -1.09. The second kappa shape index (κ2) is 4.42. The van der Waals surface area contributed by atoms with Gasteiger partial charge in [-0.3, -0.25) is 0 Å². The number of hydrogen-bond donors (Lipinski definition) is 0. The molecule has 2 aromatic rings. The van der Waals surface area contributed by atoms with Gasteiger partial charge < -0.3 is 0 Å². The summed E-state index contributed by atoms with van der Waals surface area (Å²) in [5, 5.41) is 0. The Bertz CT molecular complexity index is 580. The van der Waals surface area contributed by atoms with Crippen molar-refractivity contribution in [1.29, 1.82) is 0 Å². The van der Waals surface area contributed by atoms with Crippen molar-refractivity contribution in [1.82, 2.24) is 4.98 Å². The predicted molar refractivity (Wildman–Crippen MR) is 72.7 cm³/mol. The van der Waals surface area contributed by atoms with E-state index in [9.17, 15) is 0 Å². The summed E-state index contributed by atoms with van der Waals surface area (Å²) in [4.78, 5) is 4.45. The third-order valence-corrected chi connectivity index (χ3v) is 6.78. The van der Waals surface area contributed by atoms with Gasteiger partial charge in [-0.1, -0.05) is 0 Å². The molecule has 0 spiro atoms. The molecule has 0 saturated carbocycles. The average Bonchev–Trinajstić information content (AvgIpc) is 2.34. The molecule has 0 bridgehead atoms. The Morgan fingerprint density at radius 2 is 1.69 bits per heavy atom. The van der Waals surface area contributed by atoms with Crippen LogP contribution in [0.3, 0.4) is 0 Å². The zero-order chi connectivity index (χ0) is 14.2. The van der Waals surface area contributed by atoms with Crippen LogP contribution < -0.4 is 4.40 Å². The maximum absolute atomic E-state index is 7.67. The van der Waals surface area contributed by atoms with Gasteiger partial charge in [0.1, 0.15) is 0 Å². The minimum absolute atomic E-state index is 0.0370. The molecule has 0 N–H and O–H groups in total. The molecule has 0 atom stereocenters. The van der Waals surface area contributed by atoms with Crippen LogP contribution in [0, 0.1) is 0 Å². The van der Waals surface area contributed by atoms with E-state index in [-0.39, 0.29) is 18.1 Å². The van der Waals surface area contributed by atoms with Crippen LogP contribution in [0.15, 0.2) is 48.6 Å². The molecule has 0 aliphatic carbocycles. The third-order valence-electron chi connectivity index (χ3n) is 2.52. The van der Waals surface area contributed by atoms with E-state index in [1.165, 1.54) is 4.40 Å². The number of rotatable bonds is 2. The van der Waals surface area contributed by atoms with Gasteiger partial charge >= 0.3 is 104 Å². The number of nitrogens with zero attached hydrogens (tertiary/aromatic N) is 1. The summed E-state index contributed by atoms with van der Waals surface area (Å²) < 4.78 is 24.2. The molecular weight excluding hydrogens is 255 g/mol. The van der Waals surface area contributed by atoms with Gasteiger partial charge in [0, 0.05) is 0 Å². The molecule has 0 fully saturated rings. The summed E-state index contributed by atoms with van der Waals surface area (Å²) in [6, 6.07) is 7.35. The van der Waals surface area contributed by atoms with E-state index < -0.39 is 13.3 Å². The topological polar surface area (TPSA) is 12.9 Å². The Balaban J connectivity index is 2.43. The van der Waals surface area contributed by atoms with E-state index in [1.807, 2.05) is 12.3 Å². The van der Waals surface area contributed by atoms with E-state index in [4.69, 9.17) is 4.11 Å². The molecule has 1 nitrogen and oxygen atoms in total. The molecule has 0 aliphatic rings. The number of hydrogen-bond acceptors (Lipinski definition) is 1. The Morgan fingerprint density at radius 3 is 2.19 bits per heavy atom. The van der Waals surface area contributed by atoms with Gasteiger partial charge in [0.05, 0.1) is 0 Å². The molecule has 2 heteroatoms. The molecule has 2 rings (SSSR count). The van der Waals surface area contributed by atoms with Crippen LogP contribution in [0.25, 0.3) is 11.3 Å². The van der Waals surface area contributed by atoms with E-state index in [0.717, 1.165) is 11.3 Å². The van der Waals surface area contributed by atoms with Crippen LogP contribution in [-0.2, 0) is 0 Å². The molecule has 0 unspecified atom stereocenters. The second-order valence-corrected chi connectivity index (χ2v) is 15.5. The van der Waals surface area contributed by atoms with Crippen molar-refractivity contribution < 1.29 is 4.11 Å². The first-order valence-electron chi connectivity index (χ1n) is 6.84. The maximum atomic E-state index is 7.67. The summed E-state index contributed by atoms with van der Waals surface area (Å²) in [6.45, 7) is 0.